The molecule has 0 aliphatic heterocycles. The maximum atomic E-state index is 5.06. The van der Waals surface area contributed by atoms with E-state index in [1.165, 1.54) is 0 Å². The third-order valence-electron chi connectivity index (χ3n) is 1.50. The van der Waals surface area contributed by atoms with Crippen LogP contribution in [0, 0.1) is 6.92 Å². The van der Waals surface area contributed by atoms with Crippen LogP contribution in [0.25, 0.3) is 0 Å². The van der Waals surface area contributed by atoms with E-state index in [4.69, 9.17) is 9.47 Å². The standard InChI is InChI=1S/C9H12O2.2ClH.Mg/c1-7-4-8(10-2)6-9(5-7)11-3;;;/h4-6H,1-3H3;2*1H;/q;;;+2/p-2. The molecule has 1 aromatic rings. The van der Waals surface area contributed by atoms with Gasteiger partial charge in [0.2, 0.25) is 0 Å². The van der Waals surface area contributed by atoms with Crippen molar-refractivity contribution in [1.82, 2.24) is 0 Å². The summed E-state index contributed by atoms with van der Waals surface area (Å²) in [7, 11) is 3.29. The number of hydrogen-bond donors (Lipinski definition) is 0. The summed E-state index contributed by atoms with van der Waals surface area (Å²) in [6.07, 6.45) is 0. The summed E-state index contributed by atoms with van der Waals surface area (Å²) < 4.78 is 10.1. The van der Waals surface area contributed by atoms with E-state index in [0.29, 0.717) is 0 Å². The Labute approximate surface area is 113 Å². The van der Waals surface area contributed by atoms with Crippen molar-refractivity contribution in [2.75, 3.05) is 14.2 Å². The van der Waals surface area contributed by atoms with Crippen molar-refractivity contribution in [3.63, 3.8) is 0 Å². The van der Waals surface area contributed by atoms with Crippen LogP contribution in [0.2, 0.25) is 0 Å². The third-order valence-corrected chi connectivity index (χ3v) is 1.50. The molecule has 0 N–H and O–H groups in total. The van der Waals surface area contributed by atoms with Crippen molar-refractivity contribution in [2.24, 2.45) is 0 Å². The SMILES string of the molecule is COc1cc(C)cc(OC)c1.[Cl-].[Cl-].[Mg+2]. The maximum absolute atomic E-state index is 5.06. The van der Waals surface area contributed by atoms with Gasteiger partial charge in [0.05, 0.1) is 14.2 Å². The molecule has 0 unspecified atom stereocenters. The molecule has 0 aliphatic rings. The van der Waals surface area contributed by atoms with Gasteiger partial charge in [-0.3, -0.25) is 0 Å². The summed E-state index contributed by atoms with van der Waals surface area (Å²) in [4.78, 5) is 0. The second-order valence-electron chi connectivity index (χ2n) is 2.39. The van der Waals surface area contributed by atoms with Crippen molar-refractivity contribution in [1.29, 1.82) is 0 Å². The van der Waals surface area contributed by atoms with Crippen LogP contribution < -0.4 is 34.3 Å². The molecule has 2 nitrogen and oxygen atoms in total. The molecule has 0 saturated heterocycles. The first-order chi connectivity index (χ1) is 5.26. The maximum Gasteiger partial charge on any atom is 2.00 e. The minimum Gasteiger partial charge on any atom is -1.00 e. The Morgan fingerprint density at radius 1 is 0.857 bits per heavy atom. The molecule has 5 heteroatoms. The molecule has 0 aromatic heterocycles. The largest absolute Gasteiger partial charge is 2.00 e. The zero-order valence-electron chi connectivity index (χ0n) is 8.51. The zero-order valence-corrected chi connectivity index (χ0v) is 11.4. The van der Waals surface area contributed by atoms with Gasteiger partial charge in [0.1, 0.15) is 11.5 Å². The molecule has 1 aromatic carbocycles. The molecule has 0 atom stereocenters. The summed E-state index contributed by atoms with van der Waals surface area (Å²) in [5.74, 6) is 1.67. The van der Waals surface area contributed by atoms with E-state index in [9.17, 15) is 0 Å². The van der Waals surface area contributed by atoms with E-state index in [-0.39, 0.29) is 47.9 Å². The van der Waals surface area contributed by atoms with E-state index in [2.05, 4.69) is 0 Å². The first-order valence-electron chi connectivity index (χ1n) is 3.46. The summed E-state index contributed by atoms with van der Waals surface area (Å²) in [6.45, 7) is 2.00. The van der Waals surface area contributed by atoms with Gasteiger partial charge in [0, 0.05) is 6.07 Å². The molecule has 76 valence electrons. The Kier molecular flexibility index (Phi) is 13.7. The molecule has 0 spiro atoms. The van der Waals surface area contributed by atoms with E-state index < -0.39 is 0 Å². The van der Waals surface area contributed by atoms with Gasteiger partial charge in [-0.25, -0.2) is 0 Å². The quantitative estimate of drug-likeness (QED) is 0.492. The van der Waals surface area contributed by atoms with Crippen molar-refractivity contribution in [2.45, 2.75) is 6.92 Å². The number of hydrogen-bond acceptors (Lipinski definition) is 2. The number of ether oxygens (including phenoxy) is 2. The van der Waals surface area contributed by atoms with Gasteiger partial charge in [-0.05, 0) is 24.6 Å². The molecule has 0 aliphatic carbocycles. The smallest absolute Gasteiger partial charge is 1.00 e. The first kappa shape index (κ1) is 19.7. The second-order valence-corrected chi connectivity index (χ2v) is 2.39. The van der Waals surface area contributed by atoms with E-state index in [1.807, 2.05) is 25.1 Å². The number of benzene rings is 1. The normalized spacial score (nSPS) is 7.36. The second kappa shape index (κ2) is 9.71. The summed E-state index contributed by atoms with van der Waals surface area (Å²) in [6, 6.07) is 5.78. The van der Waals surface area contributed by atoms with Gasteiger partial charge < -0.3 is 34.3 Å². The fraction of sp³-hybridized carbons (Fsp3) is 0.333. The van der Waals surface area contributed by atoms with Crippen molar-refractivity contribution < 1.29 is 34.3 Å². The average Bonchev–Trinajstić information content (AvgIpc) is 2.03. The molecular weight excluding hydrogens is 235 g/mol. The van der Waals surface area contributed by atoms with Gasteiger partial charge in [-0.2, -0.15) is 0 Å². The van der Waals surface area contributed by atoms with Gasteiger partial charge in [-0.15, -0.1) is 0 Å². The van der Waals surface area contributed by atoms with Crippen LogP contribution in [-0.4, -0.2) is 37.3 Å². The van der Waals surface area contributed by atoms with Crippen molar-refractivity contribution in [3.05, 3.63) is 23.8 Å². The summed E-state index contributed by atoms with van der Waals surface area (Å²) >= 11 is 0. The fourth-order valence-corrected chi connectivity index (χ4v) is 0.950. The van der Waals surface area contributed by atoms with Crippen LogP contribution in [0.5, 0.6) is 11.5 Å². The van der Waals surface area contributed by atoms with Crippen LogP contribution >= 0.6 is 0 Å². The van der Waals surface area contributed by atoms with E-state index >= 15 is 0 Å². The zero-order chi connectivity index (χ0) is 8.27. The van der Waals surface area contributed by atoms with Gasteiger partial charge in [0.25, 0.3) is 0 Å². The Morgan fingerprint density at radius 2 is 1.21 bits per heavy atom. The molecule has 0 amide bonds. The van der Waals surface area contributed by atoms with Crippen LogP contribution in [0.4, 0.5) is 0 Å². The molecule has 0 fully saturated rings. The Morgan fingerprint density at radius 3 is 1.50 bits per heavy atom. The Balaban J connectivity index is -0.000000403. The van der Waals surface area contributed by atoms with Crippen LogP contribution in [0.15, 0.2) is 18.2 Å². The van der Waals surface area contributed by atoms with E-state index in [1.54, 1.807) is 14.2 Å². The topological polar surface area (TPSA) is 18.5 Å². The number of methoxy groups -OCH3 is 2. The van der Waals surface area contributed by atoms with Crippen LogP contribution in [0.1, 0.15) is 5.56 Å². The van der Waals surface area contributed by atoms with Crippen molar-refractivity contribution >= 4 is 23.1 Å². The predicted molar refractivity (Wildman–Crippen MR) is 50.0 cm³/mol. The number of rotatable bonds is 2. The first-order valence-corrected chi connectivity index (χ1v) is 3.46. The summed E-state index contributed by atoms with van der Waals surface area (Å²) in [5, 5.41) is 0. The fourth-order valence-electron chi connectivity index (χ4n) is 0.950. The molecule has 0 heterocycles. The predicted octanol–water partition coefficient (Wildman–Crippen LogP) is -4.36. The molecule has 1 rings (SSSR count). The minimum absolute atomic E-state index is 0. The van der Waals surface area contributed by atoms with Crippen LogP contribution in [0.3, 0.4) is 0 Å². The third kappa shape index (κ3) is 5.80. The molecular formula is C9H12Cl2MgO2. The van der Waals surface area contributed by atoms with Gasteiger partial charge in [0.15, 0.2) is 0 Å². The van der Waals surface area contributed by atoms with E-state index in [0.717, 1.165) is 17.1 Å². The number of halogens is 2. The number of aryl methyl sites for hydroxylation is 1. The minimum atomic E-state index is 0. The monoisotopic (exact) mass is 246 g/mol. The Hall–Kier alpha value is 0.166. The van der Waals surface area contributed by atoms with Crippen LogP contribution in [-0.2, 0) is 0 Å². The Bertz CT molecular complexity index is 234. The molecule has 0 bridgehead atoms. The summed E-state index contributed by atoms with van der Waals surface area (Å²) in [5.41, 5.74) is 1.14. The van der Waals surface area contributed by atoms with Gasteiger partial charge in [-0.1, -0.05) is 0 Å². The van der Waals surface area contributed by atoms with Gasteiger partial charge >= 0.3 is 23.1 Å². The molecule has 14 heavy (non-hydrogen) atoms. The van der Waals surface area contributed by atoms with Crippen molar-refractivity contribution in [3.8, 4) is 11.5 Å². The molecule has 0 saturated carbocycles. The average molecular weight is 247 g/mol. The molecule has 0 radical (unpaired) electrons.